The first-order valence-corrected chi connectivity index (χ1v) is 5.41. The van der Waals surface area contributed by atoms with Crippen molar-refractivity contribution in [3.63, 3.8) is 0 Å². The van der Waals surface area contributed by atoms with Crippen LogP contribution in [0.4, 0.5) is 4.79 Å². The lowest BCUT2D eigenvalue weighted by Gasteiger charge is -2.10. The van der Waals surface area contributed by atoms with Crippen LogP contribution < -0.4 is 11.1 Å². The summed E-state index contributed by atoms with van der Waals surface area (Å²) in [6.45, 7) is 0.949. The molecule has 2 amide bonds. The molecular weight excluding hydrogens is 216 g/mol. The molecule has 92 valence electrons. The zero-order valence-corrected chi connectivity index (χ0v) is 10.2. The Morgan fingerprint density at radius 1 is 1.35 bits per heavy atom. The fourth-order valence-corrected chi connectivity index (χ4v) is 1.20. The summed E-state index contributed by atoms with van der Waals surface area (Å²) >= 11 is 0. The Morgan fingerprint density at radius 3 is 2.59 bits per heavy atom. The Balaban J connectivity index is 2.37. The highest BCUT2D eigenvalue weighted by atomic mass is 16.2. The van der Waals surface area contributed by atoms with Crippen LogP contribution in [0, 0.1) is 0 Å². The number of nitrogens with two attached hydrogens (primary N) is 1. The molecule has 0 aromatic heterocycles. The first-order valence-electron chi connectivity index (χ1n) is 5.41. The summed E-state index contributed by atoms with van der Waals surface area (Å²) in [7, 11) is 3.38. The predicted octanol–water partition coefficient (Wildman–Crippen LogP) is 0.663. The van der Waals surface area contributed by atoms with Crippen LogP contribution in [0.25, 0.3) is 0 Å². The molecule has 0 aliphatic heterocycles. The first kappa shape index (κ1) is 13.0. The summed E-state index contributed by atoms with van der Waals surface area (Å²) in [4.78, 5) is 16.9. The number of urea groups is 1. The van der Waals surface area contributed by atoms with Gasteiger partial charge in [0.25, 0.3) is 0 Å². The number of carbonyl (C=O) groups is 1. The lowest BCUT2D eigenvalue weighted by atomic mass is 10.2. The zero-order valence-electron chi connectivity index (χ0n) is 10.2. The third kappa shape index (κ3) is 4.55. The molecule has 0 heterocycles. The van der Waals surface area contributed by atoms with E-state index in [1.54, 1.807) is 14.1 Å². The van der Waals surface area contributed by atoms with Crippen molar-refractivity contribution in [3.05, 3.63) is 35.9 Å². The quantitative estimate of drug-likeness (QED) is 0.456. The van der Waals surface area contributed by atoms with Crippen molar-refractivity contribution in [1.29, 1.82) is 0 Å². The van der Waals surface area contributed by atoms with Crippen LogP contribution in [0.15, 0.2) is 35.3 Å². The van der Waals surface area contributed by atoms with Gasteiger partial charge >= 0.3 is 6.03 Å². The number of aliphatic imine (C=N–C) groups is 1. The molecular formula is C12H18N4O. The molecule has 1 aromatic carbocycles. The van der Waals surface area contributed by atoms with E-state index in [1.165, 1.54) is 4.90 Å². The maximum atomic E-state index is 11.2. The van der Waals surface area contributed by atoms with Crippen molar-refractivity contribution in [1.82, 2.24) is 10.2 Å². The molecule has 0 atom stereocenters. The Hall–Kier alpha value is -2.04. The Morgan fingerprint density at radius 2 is 2.00 bits per heavy atom. The fraction of sp³-hybridized carbons (Fsp3) is 0.333. The minimum absolute atomic E-state index is 0.126. The summed E-state index contributed by atoms with van der Waals surface area (Å²) in [5.41, 5.74) is 6.69. The molecule has 0 aliphatic rings. The Labute approximate surface area is 101 Å². The number of nitrogens with one attached hydrogen (secondary N) is 1. The molecule has 0 fully saturated rings. The topological polar surface area (TPSA) is 70.7 Å². The minimum atomic E-state index is -0.126. The molecule has 0 aliphatic carbocycles. The van der Waals surface area contributed by atoms with Gasteiger partial charge in [0.1, 0.15) is 5.84 Å². The molecule has 0 spiro atoms. The molecule has 17 heavy (non-hydrogen) atoms. The second-order valence-electron chi connectivity index (χ2n) is 3.76. The second-order valence-corrected chi connectivity index (χ2v) is 3.76. The lowest BCUT2D eigenvalue weighted by Crippen LogP contribution is -2.36. The van der Waals surface area contributed by atoms with Gasteiger partial charge in [0, 0.05) is 26.2 Å². The maximum absolute atomic E-state index is 11.2. The molecule has 5 heteroatoms. The third-order valence-electron chi connectivity index (χ3n) is 2.15. The van der Waals surface area contributed by atoms with Crippen LogP contribution in [-0.4, -0.2) is 44.0 Å². The smallest absolute Gasteiger partial charge is 0.316 e. The van der Waals surface area contributed by atoms with E-state index in [2.05, 4.69) is 10.3 Å². The number of amidine groups is 1. The van der Waals surface area contributed by atoms with Gasteiger partial charge in [-0.25, -0.2) is 4.79 Å². The van der Waals surface area contributed by atoms with Gasteiger partial charge in [0.2, 0.25) is 0 Å². The molecule has 0 unspecified atom stereocenters. The van der Waals surface area contributed by atoms with E-state index < -0.39 is 0 Å². The van der Waals surface area contributed by atoms with Gasteiger partial charge in [-0.15, -0.1) is 0 Å². The van der Waals surface area contributed by atoms with Gasteiger partial charge in [-0.05, 0) is 0 Å². The van der Waals surface area contributed by atoms with Crippen molar-refractivity contribution in [3.8, 4) is 0 Å². The first-order chi connectivity index (χ1) is 8.11. The summed E-state index contributed by atoms with van der Waals surface area (Å²) in [5, 5.41) is 2.71. The van der Waals surface area contributed by atoms with E-state index in [4.69, 9.17) is 5.73 Å². The standard InChI is InChI=1S/C12H18N4O/c1-16(2)12(17)15-9-8-14-11(13)10-6-4-3-5-7-10/h3-7H,8-9H2,1-2H3,(H2,13,14)(H,15,17). The van der Waals surface area contributed by atoms with E-state index in [1.807, 2.05) is 30.3 Å². The maximum Gasteiger partial charge on any atom is 0.316 e. The normalized spacial score (nSPS) is 11.1. The number of hydrogen-bond acceptors (Lipinski definition) is 2. The van der Waals surface area contributed by atoms with Crippen LogP contribution in [-0.2, 0) is 0 Å². The van der Waals surface area contributed by atoms with E-state index in [0.717, 1.165) is 5.56 Å². The van der Waals surface area contributed by atoms with Crippen LogP contribution in [0.5, 0.6) is 0 Å². The SMILES string of the molecule is CN(C)C(=O)NCCN=C(N)c1ccccc1. The zero-order chi connectivity index (χ0) is 12.7. The summed E-state index contributed by atoms with van der Waals surface area (Å²) in [6, 6.07) is 9.41. The van der Waals surface area contributed by atoms with E-state index in [9.17, 15) is 4.79 Å². The van der Waals surface area contributed by atoms with E-state index in [-0.39, 0.29) is 6.03 Å². The van der Waals surface area contributed by atoms with Crippen molar-refractivity contribution in [2.75, 3.05) is 27.2 Å². The Bertz CT molecular complexity index is 387. The van der Waals surface area contributed by atoms with Gasteiger partial charge in [-0.2, -0.15) is 0 Å². The number of rotatable bonds is 4. The summed E-state index contributed by atoms with van der Waals surface area (Å²) in [6.07, 6.45) is 0. The van der Waals surface area contributed by atoms with Gasteiger partial charge in [0.15, 0.2) is 0 Å². The monoisotopic (exact) mass is 234 g/mol. The number of carbonyl (C=O) groups excluding carboxylic acids is 1. The lowest BCUT2D eigenvalue weighted by molar-refractivity contribution is 0.218. The van der Waals surface area contributed by atoms with Crippen LogP contribution in [0.2, 0.25) is 0 Å². The minimum Gasteiger partial charge on any atom is -0.384 e. The fourth-order valence-electron chi connectivity index (χ4n) is 1.20. The third-order valence-corrected chi connectivity index (χ3v) is 2.15. The average molecular weight is 234 g/mol. The van der Waals surface area contributed by atoms with Crippen LogP contribution >= 0.6 is 0 Å². The molecule has 0 bridgehead atoms. The predicted molar refractivity (Wildman–Crippen MR) is 69.1 cm³/mol. The highest BCUT2D eigenvalue weighted by Crippen LogP contribution is 1.97. The average Bonchev–Trinajstić information content (AvgIpc) is 2.35. The molecule has 0 saturated heterocycles. The van der Waals surface area contributed by atoms with Crippen molar-refractivity contribution < 1.29 is 4.79 Å². The van der Waals surface area contributed by atoms with Gasteiger partial charge in [-0.3, -0.25) is 4.99 Å². The molecule has 5 nitrogen and oxygen atoms in total. The largest absolute Gasteiger partial charge is 0.384 e. The highest BCUT2D eigenvalue weighted by molar-refractivity contribution is 5.97. The van der Waals surface area contributed by atoms with Crippen molar-refractivity contribution in [2.24, 2.45) is 10.7 Å². The number of benzene rings is 1. The van der Waals surface area contributed by atoms with Crippen molar-refractivity contribution >= 4 is 11.9 Å². The summed E-state index contributed by atoms with van der Waals surface area (Å²) in [5.74, 6) is 0.490. The van der Waals surface area contributed by atoms with Crippen molar-refractivity contribution in [2.45, 2.75) is 0 Å². The summed E-state index contributed by atoms with van der Waals surface area (Å²) < 4.78 is 0. The van der Waals surface area contributed by atoms with E-state index in [0.29, 0.717) is 18.9 Å². The van der Waals surface area contributed by atoms with Crippen LogP contribution in [0.3, 0.4) is 0 Å². The number of nitrogens with zero attached hydrogens (tertiary/aromatic N) is 2. The van der Waals surface area contributed by atoms with Gasteiger partial charge < -0.3 is 16.0 Å². The number of amides is 2. The second kappa shape index (κ2) is 6.52. The van der Waals surface area contributed by atoms with Gasteiger partial charge in [-0.1, -0.05) is 30.3 Å². The Kier molecular flexibility index (Phi) is 5.00. The molecule has 3 N–H and O–H groups in total. The highest BCUT2D eigenvalue weighted by Gasteiger charge is 2.00. The van der Waals surface area contributed by atoms with Crippen LogP contribution in [0.1, 0.15) is 5.56 Å². The molecule has 1 aromatic rings. The van der Waals surface area contributed by atoms with Gasteiger partial charge in [0.05, 0.1) is 6.54 Å². The molecule has 1 rings (SSSR count). The van der Waals surface area contributed by atoms with E-state index >= 15 is 0 Å². The number of hydrogen-bond donors (Lipinski definition) is 2. The molecule has 0 saturated carbocycles. The molecule has 0 radical (unpaired) electrons.